The Bertz CT molecular complexity index is 1310. The van der Waals surface area contributed by atoms with E-state index in [1.165, 1.54) is 29.2 Å². The Kier molecular flexibility index (Phi) is 5.42. The van der Waals surface area contributed by atoms with Crippen LogP contribution in [0, 0.1) is 12.7 Å². The Balaban J connectivity index is 1.35. The molecule has 8 nitrogen and oxygen atoms in total. The van der Waals surface area contributed by atoms with E-state index in [2.05, 4.69) is 30.2 Å². The molecule has 0 saturated heterocycles. The molecule has 1 aliphatic rings. The topological polar surface area (TPSA) is 82.7 Å². The predicted molar refractivity (Wildman–Crippen MR) is 114 cm³/mol. The Morgan fingerprint density at radius 2 is 1.88 bits per heavy atom. The van der Waals surface area contributed by atoms with Crippen molar-refractivity contribution in [3.05, 3.63) is 71.8 Å². The van der Waals surface area contributed by atoms with Gasteiger partial charge >= 0.3 is 6.36 Å². The smallest absolute Gasteiger partial charge is 0.406 e. The summed E-state index contributed by atoms with van der Waals surface area (Å²) >= 11 is 0. The Hall–Kier alpha value is -3.96. The van der Waals surface area contributed by atoms with E-state index in [9.17, 15) is 17.6 Å². The first-order valence-electron chi connectivity index (χ1n) is 10.5. The highest BCUT2D eigenvalue weighted by molar-refractivity contribution is 5.56. The molecule has 1 aliphatic heterocycles. The average molecular weight is 473 g/mol. The van der Waals surface area contributed by atoms with E-state index in [-0.39, 0.29) is 17.4 Å². The van der Waals surface area contributed by atoms with Crippen molar-refractivity contribution in [3.63, 3.8) is 0 Å². The van der Waals surface area contributed by atoms with Gasteiger partial charge in [0.1, 0.15) is 29.4 Å². The highest BCUT2D eigenvalue weighted by Gasteiger charge is 2.31. The van der Waals surface area contributed by atoms with Crippen molar-refractivity contribution in [3.8, 4) is 11.4 Å². The number of anilines is 2. The molecule has 0 aliphatic carbocycles. The molecule has 34 heavy (non-hydrogen) atoms. The Morgan fingerprint density at radius 1 is 1.09 bits per heavy atom. The predicted octanol–water partition coefficient (Wildman–Crippen LogP) is 4.87. The number of aromatic nitrogens is 6. The molecule has 12 heteroatoms. The number of aryl methyl sites for hydroxylation is 2. The zero-order valence-electron chi connectivity index (χ0n) is 17.9. The maximum atomic E-state index is 14.6. The average Bonchev–Trinajstić information content (AvgIpc) is 3.39. The van der Waals surface area contributed by atoms with Crippen molar-refractivity contribution in [2.24, 2.45) is 0 Å². The van der Waals surface area contributed by atoms with Crippen molar-refractivity contribution in [1.82, 2.24) is 29.5 Å². The normalized spacial score (nSPS) is 15.7. The van der Waals surface area contributed by atoms with E-state index in [4.69, 9.17) is 0 Å². The van der Waals surface area contributed by atoms with E-state index < -0.39 is 12.2 Å². The van der Waals surface area contributed by atoms with Crippen LogP contribution >= 0.6 is 0 Å². The van der Waals surface area contributed by atoms with Gasteiger partial charge in [0.05, 0.1) is 0 Å². The van der Waals surface area contributed by atoms with Crippen LogP contribution in [-0.4, -0.2) is 35.9 Å². The number of halogens is 4. The summed E-state index contributed by atoms with van der Waals surface area (Å²) in [6.45, 7) is 2.38. The van der Waals surface area contributed by atoms with E-state index in [1.807, 2.05) is 0 Å². The molecule has 3 heterocycles. The summed E-state index contributed by atoms with van der Waals surface area (Å²) in [6, 6.07) is 10.4. The van der Waals surface area contributed by atoms with E-state index in [1.54, 1.807) is 35.9 Å². The molecule has 176 valence electrons. The van der Waals surface area contributed by atoms with Crippen LogP contribution in [-0.2, 0) is 6.54 Å². The molecule has 0 radical (unpaired) electrons. The Morgan fingerprint density at radius 3 is 2.56 bits per heavy atom. The molecule has 0 bridgehead atoms. The summed E-state index contributed by atoms with van der Waals surface area (Å²) in [5.74, 6) is 0.634. The lowest BCUT2D eigenvalue weighted by Gasteiger charge is -2.22. The molecule has 1 unspecified atom stereocenters. The van der Waals surface area contributed by atoms with Crippen LogP contribution < -0.4 is 10.1 Å². The van der Waals surface area contributed by atoms with Crippen LogP contribution in [0.15, 0.2) is 48.8 Å². The summed E-state index contributed by atoms with van der Waals surface area (Å²) in [5.41, 5.74) is 1.54. The number of nitrogens with zero attached hydrogens (tertiary/aromatic N) is 6. The molecule has 4 aromatic rings. The summed E-state index contributed by atoms with van der Waals surface area (Å²) in [6.07, 6.45) is -1.69. The van der Waals surface area contributed by atoms with Crippen LogP contribution in [0.2, 0.25) is 0 Å². The first-order chi connectivity index (χ1) is 16.2. The van der Waals surface area contributed by atoms with Crippen LogP contribution in [0.25, 0.3) is 5.69 Å². The molecule has 0 amide bonds. The van der Waals surface area contributed by atoms with Crippen LogP contribution in [0.1, 0.15) is 36.0 Å². The van der Waals surface area contributed by atoms with Gasteiger partial charge in [-0.15, -0.1) is 18.3 Å². The van der Waals surface area contributed by atoms with E-state index in [0.29, 0.717) is 29.8 Å². The van der Waals surface area contributed by atoms with Crippen molar-refractivity contribution in [1.29, 1.82) is 0 Å². The number of fused-ring (bicyclic) bond motifs is 1. The fourth-order valence-corrected chi connectivity index (χ4v) is 3.98. The summed E-state index contributed by atoms with van der Waals surface area (Å²) < 4.78 is 59.0. The van der Waals surface area contributed by atoms with Crippen molar-refractivity contribution in [2.75, 3.05) is 5.32 Å². The van der Waals surface area contributed by atoms with Crippen LogP contribution in [0.4, 0.5) is 29.2 Å². The lowest BCUT2D eigenvalue weighted by molar-refractivity contribution is -0.274. The van der Waals surface area contributed by atoms with Gasteiger partial charge in [0.15, 0.2) is 5.82 Å². The molecular weight excluding hydrogens is 454 g/mol. The highest BCUT2D eigenvalue weighted by atomic mass is 19.4. The molecule has 0 spiro atoms. The lowest BCUT2D eigenvalue weighted by Crippen LogP contribution is -2.18. The minimum Gasteiger partial charge on any atom is -0.406 e. The van der Waals surface area contributed by atoms with Gasteiger partial charge in [-0.05, 0) is 55.7 Å². The highest BCUT2D eigenvalue weighted by Crippen LogP contribution is 2.34. The molecule has 1 N–H and O–H groups in total. The molecule has 1 atom stereocenters. The van der Waals surface area contributed by atoms with Crippen molar-refractivity contribution >= 4 is 11.6 Å². The standard InChI is InChI=1S/C22H19F4N7O/c1-13-27-12-33(30-13)19-9-6-15(11-18(19)23)28-21-29-20-17(3-2-10-32(20)31-21)14-4-7-16(8-5-14)34-22(24,25)26/h4-9,11-12,17H,2-3,10H2,1H3,(H,28,31). The minimum absolute atomic E-state index is 0.133. The Labute approximate surface area is 191 Å². The van der Waals surface area contributed by atoms with Gasteiger partial charge in [-0.2, -0.15) is 10.1 Å². The van der Waals surface area contributed by atoms with Gasteiger partial charge in [0.25, 0.3) is 0 Å². The van der Waals surface area contributed by atoms with Gasteiger partial charge in [-0.1, -0.05) is 12.1 Å². The first-order valence-corrected chi connectivity index (χ1v) is 10.5. The third-order valence-electron chi connectivity index (χ3n) is 5.45. The summed E-state index contributed by atoms with van der Waals surface area (Å²) in [7, 11) is 0. The molecule has 2 aromatic heterocycles. The number of rotatable bonds is 5. The SMILES string of the molecule is Cc1ncn(-c2ccc(Nc3nc4n(n3)CCCC4c3ccc(OC(F)(F)F)cc3)cc2F)n1. The second kappa shape index (κ2) is 8.43. The van der Waals surface area contributed by atoms with Gasteiger partial charge in [-0.25, -0.2) is 18.7 Å². The fraction of sp³-hybridized carbons (Fsp3) is 0.273. The second-order valence-corrected chi connectivity index (χ2v) is 7.86. The van der Waals surface area contributed by atoms with Crippen molar-refractivity contribution in [2.45, 2.75) is 38.6 Å². The fourth-order valence-electron chi connectivity index (χ4n) is 3.98. The third kappa shape index (κ3) is 4.56. The number of ether oxygens (including phenoxy) is 1. The molecule has 0 fully saturated rings. The van der Waals surface area contributed by atoms with Crippen molar-refractivity contribution < 1.29 is 22.3 Å². The summed E-state index contributed by atoms with van der Waals surface area (Å²) in [5, 5.41) is 11.6. The quantitative estimate of drug-likeness (QED) is 0.417. The zero-order valence-corrected chi connectivity index (χ0v) is 17.9. The maximum absolute atomic E-state index is 14.6. The second-order valence-electron chi connectivity index (χ2n) is 7.86. The van der Waals surface area contributed by atoms with Gasteiger partial charge in [0, 0.05) is 18.2 Å². The number of nitrogens with one attached hydrogen (secondary N) is 1. The molecule has 0 saturated carbocycles. The molecular formula is C22H19F4N7O. The zero-order chi connectivity index (χ0) is 23.9. The van der Waals surface area contributed by atoms with E-state index >= 15 is 0 Å². The molecule has 5 rings (SSSR count). The van der Waals surface area contributed by atoms with E-state index in [0.717, 1.165) is 18.4 Å². The first kappa shape index (κ1) is 21.9. The monoisotopic (exact) mass is 473 g/mol. The minimum atomic E-state index is -4.74. The number of alkyl halides is 3. The van der Waals surface area contributed by atoms with Crippen LogP contribution in [0.5, 0.6) is 5.75 Å². The number of hydrogen-bond acceptors (Lipinski definition) is 6. The molecule has 2 aromatic carbocycles. The lowest BCUT2D eigenvalue weighted by atomic mass is 9.91. The van der Waals surface area contributed by atoms with Crippen LogP contribution in [0.3, 0.4) is 0 Å². The van der Waals surface area contributed by atoms with Gasteiger partial charge in [-0.3, -0.25) is 0 Å². The summed E-state index contributed by atoms with van der Waals surface area (Å²) in [4.78, 5) is 8.58. The van der Waals surface area contributed by atoms with Gasteiger partial charge < -0.3 is 10.1 Å². The maximum Gasteiger partial charge on any atom is 0.573 e. The van der Waals surface area contributed by atoms with Gasteiger partial charge in [0.2, 0.25) is 5.95 Å². The number of benzene rings is 2. The third-order valence-corrected chi connectivity index (χ3v) is 5.45. The largest absolute Gasteiger partial charge is 0.573 e. The number of hydrogen-bond donors (Lipinski definition) is 1.